The minimum Gasteiger partial charge on any atom is -0.359 e. The number of hydrogen-bond donors (Lipinski definition) is 1. The zero-order chi connectivity index (χ0) is 7.84. The second-order valence-electron chi connectivity index (χ2n) is 2.56. The number of aromatic nitrogens is 1. The molecule has 2 heteroatoms. The standard InChI is InChI=1S/C9H7FN/c1-6-5-11-9-7(6)3-2-4-8(9)10/h3-5,11H,1H3. The molecule has 11 heavy (non-hydrogen) atoms. The number of H-pyrrole nitrogens is 1. The molecule has 1 nitrogen and oxygen atoms in total. The molecule has 0 aliphatic carbocycles. The summed E-state index contributed by atoms with van der Waals surface area (Å²) in [6.07, 6.45) is 1.79. The van der Waals surface area contributed by atoms with Gasteiger partial charge in [-0.25, -0.2) is 4.39 Å². The van der Waals surface area contributed by atoms with E-state index >= 15 is 0 Å². The van der Waals surface area contributed by atoms with Crippen LogP contribution >= 0.6 is 0 Å². The van der Waals surface area contributed by atoms with E-state index in [0.29, 0.717) is 5.52 Å². The van der Waals surface area contributed by atoms with Crippen molar-refractivity contribution in [1.29, 1.82) is 0 Å². The molecule has 0 atom stereocenters. The van der Waals surface area contributed by atoms with Gasteiger partial charge in [-0.05, 0) is 30.7 Å². The van der Waals surface area contributed by atoms with Crippen molar-refractivity contribution in [3.8, 4) is 0 Å². The monoisotopic (exact) mass is 148 g/mol. The van der Waals surface area contributed by atoms with Crippen molar-refractivity contribution in [2.45, 2.75) is 6.92 Å². The van der Waals surface area contributed by atoms with Gasteiger partial charge in [0.1, 0.15) is 5.82 Å². The Balaban J connectivity index is 2.94. The highest BCUT2D eigenvalue weighted by molar-refractivity contribution is 5.83. The van der Waals surface area contributed by atoms with Crippen LogP contribution in [-0.4, -0.2) is 4.98 Å². The van der Waals surface area contributed by atoms with Gasteiger partial charge in [0.15, 0.2) is 0 Å². The lowest BCUT2D eigenvalue weighted by Crippen LogP contribution is -1.75. The van der Waals surface area contributed by atoms with E-state index in [9.17, 15) is 4.39 Å². The summed E-state index contributed by atoms with van der Waals surface area (Å²) >= 11 is 0. The third-order valence-corrected chi connectivity index (χ3v) is 1.80. The van der Waals surface area contributed by atoms with Crippen molar-refractivity contribution < 1.29 is 4.39 Å². The van der Waals surface area contributed by atoms with E-state index in [2.05, 4.69) is 11.1 Å². The number of benzene rings is 1. The summed E-state index contributed by atoms with van der Waals surface area (Å²) in [6.45, 7) is 1.94. The predicted molar refractivity (Wildman–Crippen MR) is 41.8 cm³/mol. The Morgan fingerprint density at radius 2 is 2.27 bits per heavy atom. The lowest BCUT2D eigenvalue weighted by atomic mass is 10.2. The van der Waals surface area contributed by atoms with E-state index in [1.54, 1.807) is 12.3 Å². The number of aryl methyl sites for hydroxylation is 1. The van der Waals surface area contributed by atoms with Crippen LogP contribution in [0.2, 0.25) is 0 Å². The van der Waals surface area contributed by atoms with Crippen molar-refractivity contribution >= 4 is 10.9 Å². The third-order valence-electron chi connectivity index (χ3n) is 1.80. The second kappa shape index (κ2) is 2.09. The van der Waals surface area contributed by atoms with Crippen LogP contribution in [0, 0.1) is 18.8 Å². The quantitative estimate of drug-likeness (QED) is 0.590. The molecule has 2 aromatic rings. The molecule has 0 aliphatic rings. The van der Waals surface area contributed by atoms with Crippen LogP contribution in [0.15, 0.2) is 18.3 Å². The first kappa shape index (κ1) is 6.40. The summed E-state index contributed by atoms with van der Waals surface area (Å²) < 4.78 is 12.9. The van der Waals surface area contributed by atoms with Gasteiger partial charge in [0, 0.05) is 11.6 Å². The Morgan fingerprint density at radius 1 is 1.45 bits per heavy atom. The van der Waals surface area contributed by atoms with Crippen molar-refractivity contribution in [2.75, 3.05) is 0 Å². The molecule has 1 N–H and O–H groups in total. The maximum atomic E-state index is 12.9. The Labute approximate surface area is 63.9 Å². The van der Waals surface area contributed by atoms with E-state index in [0.717, 1.165) is 10.9 Å². The maximum absolute atomic E-state index is 12.9. The van der Waals surface area contributed by atoms with Crippen LogP contribution < -0.4 is 0 Å². The van der Waals surface area contributed by atoms with E-state index in [-0.39, 0.29) is 5.82 Å². The number of halogens is 1. The highest BCUT2D eigenvalue weighted by Gasteiger charge is 2.02. The first-order valence-corrected chi connectivity index (χ1v) is 3.42. The molecule has 0 aliphatic heterocycles. The summed E-state index contributed by atoms with van der Waals surface area (Å²) in [5.74, 6) is -0.240. The molecule has 0 fully saturated rings. The van der Waals surface area contributed by atoms with Crippen LogP contribution in [0.5, 0.6) is 0 Å². The summed E-state index contributed by atoms with van der Waals surface area (Å²) in [4.78, 5) is 2.86. The molecule has 2 rings (SSSR count). The second-order valence-corrected chi connectivity index (χ2v) is 2.56. The average molecular weight is 148 g/mol. The van der Waals surface area contributed by atoms with Crippen LogP contribution in [0.4, 0.5) is 4.39 Å². The summed E-state index contributed by atoms with van der Waals surface area (Å²) in [6, 6.07) is 5.85. The highest BCUT2D eigenvalue weighted by atomic mass is 19.1. The van der Waals surface area contributed by atoms with Gasteiger partial charge in [-0.1, -0.05) is 0 Å². The van der Waals surface area contributed by atoms with Crippen LogP contribution in [0.3, 0.4) is 0 Å². The van der Waals surface area contributed by atoms with E-state index < -0.39 is 0 Å². The number of aromatic amines is 1. The molecule has 0 bridgehead atoms. The van der Waals surface area contributed by atoms with Gasteiger partial charge in [0.05, 0.1) is 5.52 Å². The first-order chi connectivity index (χ1) is 5.29. The number of hydrogen-bond acceptors (Lipinski definition) is 0. The number of rotatable bonds is 0. The van der Waals surface area contributed by atoms with Gasteiger partial charge >= 0.3 is 0 Å². The molecule has 0 amide bonds. The topological polar surface area (TPSA) is 15.8 Å². The smallest absolute Gasteiger partial charge is 0.147 e. The Morgan fingerprint density at radius 3 is 3.00 bits per heavy atom. The Kier molecular flexibility index (Phi) is 1.22. The molecular formula is C9H7FN. The van der Waals surface area contributed by atoms with E-state index in [4.69, 9.17) is 0 Å². The molecule has 0 saturated heterocycles. The maximum Gasteiger partial charge on any atom is 0.147 e. The van der Waals surface area contributed by atoms with Crippen molar-refractivity contribution in [3.63, 3.8) is 0 Å². The molecule has 55 valence electrons. The molecule has 0 saturated carbocycles. The van der Waals surface area contributed by atoms with E-state index in [1.807, 2.05) is 6.92 Å². The fraction of sp³-hybridized carbons (Fsp3) is 0.111. The molecule has 1 heterocycles. The minimum absolute atomic E-state index is 0.240. The van der Waals surface area contributed by atoms with Crippen molar-refractivity contribution in [3.05, 3.63) is 35.8 Å². The Bertz CT molecular complexity index is 389. The number of fused-ring (bicyclic) bond motifs is 1. The Hall–Kier alpha value is -1.31. The van der Waals surface area contributed by atoms with Crippen molar-refractivity contribution in [1.82, 2.24) is 4.98 Å². The fourth-order valence-corrected chi connectivity index (χ4v) is 1.19. The zero-order valence-corrected chi connectivity index (χ0v) is 6.11. The van der Waals surface area contributed by atoms with Gasteiger partial charge in [0.25, 0.3) is 0 Å². The molecule has 0 unspecified atom stereocenters. The lowest BCUT2D eigenvalue weighted by molar-refractivity contribution is 0.637. The van der Waals surface area contributed by atoms with Crippen molar-refractivity contribution in [2.24, 2.45) is 0 Å². The summed E-state index contributed by atoms with van der Waals surface area (Å²) in [5, 5.41) is 0.907. The fourth-order valence-electron chi connectivity index (χ4n) is 1.19. The zero-order valence-electron chi connectivity index (χ0n) is 6.11. The summed E-state index contributed by atoms with van der Waals surface area (Å²) in [5.41, 5.74) is 1.62. The molecule has 1 aromatic carbocycles. The molecule has 0 spiro atoms. The van der Waals surface area contributed by atoms with Gasteiger partial charge < -0.3 is 4.98 Å². The lowest BCUT2D eigenvalue weighted by Gasteiger charge is -1.90. The normalized spacial score (nSPS) is 10.7. The SMILES string of the molecule is Cc1c[nH]c2c(F)c[c]cc12. The largest absolute Gasteiger partial charge is 0.359 e. The van der Waals surface area contributed by atoms with Crippen LogP contribution in [0.1, 0.15) is 5.56 Å². The van der Waals surface area contributed by atoms with Gasteiger partial charge in [-0.2, -0.15) is 0 Å². The van der Waals surface area contributed by atoms with Gasteiger partial charge in [-0.15, -0.1) is 0 Å². The van der Waals surface area contributed by atoms with Gasteiger partial charge in [-0.3, -0.25) is 0 Å². The number of nitrogens with one attached hydrogen (secondary N) is 1. The predicted octanol–water partition coefficient (Wildman–Crippen LogP) is 2.42. The molecule has 1 radical (unpaired) electrons. The highest BCUT2D eigenvalue weighted by Crippen LogP contribution is 2.18. The molecule has 1 aromatic heterocycles. The average Bonchev–Trinajstić information content (AvgIpc) is 2.35. The minimum atomic E-state index is -0.240. The third kappa shape index (κ3) is 0.827. The molecular weight excluding hydrogens is 141 g/mol. The summed E-state index contributed by atoms with van der Waals surface area (Å²) in [7, 11) is 0. The van der Waals surface area contributed by atoms with Gasteiger partial charge in [0.2, 0.25) is 0 Å². The first-order valence-electron chi connectivity index (χ1n) is 3.42. The van der Waals surface area contributed by atoms with Crippen LogP contribution in [0.25, 0.3) is 10.9 Å². The van der Waals surface area contributed by atoms with E-state index in [1.165, 1.54) is 6.07 Å². The van der Waals surface area contributed by atoms with Crippen LogP contribution in [-0.2, 0) is 0 Å².